The molecule has 0 aliphatic heterocycles. The first-order chi connectivity index (χ1) is 17.6. The van der Waals surface area contributed by atoms with Crippen molar-refractivity contribution in [3.63, 3.8) is 0 Å². The molecule has 206 valence electrons. The fraction of sp³-hybridized carbons (Fsp3) is 0.211. The smallest absolute Gasteiger partial charge is 0.397 e. The van der Waals surface area contributed by atoms with Gasteiger partial charge in [-0.3, -0.25) is 9.11 Å². The second-order valence-corrected chi connectivity index (χ2v) is 12.3. The highest BCUT2D eigenvalue weighted by Gasteiger charge is 2.20. The second kappa shape index (κ2) is 11.3. The molecule has 0 bridgehead atoms. The summed E-state index contributed by atoms with van der Waals surface area (Å²) in [5.41, 5.74) is 6.09. The third-order valence-electron chi connectivity index (χ3n) is 4.77. The van der Waals surface area contributed by atoms with Crippen LogP contribution in [0.4, 0.5) is 29.0 Å². The van der Waals surface area contributed by atoms with Crippen LogP contribution in [0.15, 0.2) is 52.3 Å². The summed E-state index contributed by atoms with van der Waals surface area (Å²) in [6.07, 6.45) is 0. The lowest BCUT2D eigenvalue weighted by Crippen LogP contribution is -2.21. The molecule has 0 spiro atoms. The van der Waals surface area contributed by atoms with Crippen LogP contribution in [0, 0.1) is 0 Å². The van der Waals surface area contributed by atoms with Gasteiger partial charge < -0.3 is 16.0 Å². The quantitative estimate of drug-likeness (QED) is 0.179. The van der Waals surface area contributed by atoms with Crippen molar-refractivity contribution in [1.82, 2.24) is 15.0 Å². The molecule has 15 nitrogen and oxygen atoms in total. The van der Waals surface area contributed by atoms with Crippen molar-refractivity contribution in [2.45, 2.75) is 16.7 Å². The Kier molecular flexibility index (Phi) is 8.76. The fourth-order valence-electron chi connectivity index (χ4n) is 3.16. The Morgan fingerprint density at radius 2 is 1.74 bits per heavy atom. The summed E-state index contributed by atoms with van der Waals surface area (Å²) >= 11 is 6.07. The zero-order chi connectivity index (χ0) is 28.3. The van der Waals surface area contributed by atoms with Crippen molar-refractivity contribution in [1.29, 1.82) is 0 Å². The molecule has 19 heteroatoms. The molecule has 0 atom stereocenters. The summed E-state index contributed by atoms with van der Waals surface area (Å²) in [4.78, 5) is 13.2. The van der Waals surface area contributed by atoms with Gasteiger partial charge in [-0.05, 0) is 54.9 Å². The maximum atomic E-state index is 12.6. The van der Waals surface area contributed by atoms with Crippen molar-refractivity contribution >= 4 is 70.9 Å². The van der Waals surface area contributed by atoms with Crippen LogP contribution >= 0.6 is 11.6 Å². The van der Waals surface area contributed by atoms with Crippen molar-refractivity contribution < 1.29 is 38.5 Å². The first-order valence-electron chi connectivity index (χ1n) is 10.4. The van der Waals surface area contributed by atoms with Crippen molar-refractivity contribution in [2.75, 3.05) is 34.9 Å². The van der Waals surface area contributed by atoms with E-state index in [2.05, 4.69) is 24.5 Å². The summed E-state index contributed by atoms with van der Waals surface area (Å²) < 4.78 is 91.3. The van der Waals surface area contributed by atoms with E-state index in [-0.39, 0.29) is 40.0 Å². The minimum atomic E-state index is -4.79. The predicted molar refractivity (Wildman–Crippen MR) is 137 cm³/mol. The summed E-state index contributed by atoms with van der Waals surface area (Å²) in [6.45, 7) is 1.21. The molecule has 1 aromatic heterocycles. The molecule has 2 aromatic carbocycles. The van der Waals surface area contributed by atoms with Crippen molar-refractivity contribution in [2.24, 2.45) is 0 Å². The first kappa shape index (κ1) is 29.4. The number of anilines is 5. The van der Waals surface area contributed by atoms with E-state index in [0.717, 1.165) is 6.07 Å². The average Bonchev–Trinajstić information content (AvgIpc) is 2.77. The molecule has 0 saturated carbocycles. The van der Waals surface area contributed by atoms with Crippen LogP contribution in [0.3, 0.4) is 0 Å². The molecule has 3 rings (SSSR count). The van der Waals surface area contributed by atoms with Gasteiger partial charge in [-0.2, -0.15) is 31.8 Å². The average molecular weight is 609 g/mol. The van der Waals surface area contributed by atoms with E-state index in [1.54, 1.807) is 13.0 Å². The Morgan fingerprint density at radius 1 is 1.03 bits per heavy atom. The van der Waals surface area contributed by atoms with Crippen LogP contribution < -0.4 is 16.0 Å². The van der Waals surface area contributed by atoms with E-state index < -0.39 is 47.6 Å². The molecule has 0 fully saturated rings. The molecule has 0 saturated heterocycles. The molecular formula is C19H21ClN6O9S3. The number of rotatable bonds is 11. The van der Waals surface area contributed by atoms with Crippen LogP contribution in [0.25, 0.3) is 0 Å². The summed E-state index contributed by atoms with van der Waals surface area (Å²) in [6, 6.07) is 9.28. The lowest BCUT2D eigenvalue weighted by atomic mass is 10.3. The van der Waals surface area contributed by atoms with E-state index in [1.165, 1.54) is 35.2 Å². The van der Waals surface area contributed by atoms with Gasteiger partial charge in [0, 0.05) is 17.9 Å². The molecule has 38 heavy (non-hydrogen) atoms. The maximum absolute atomic E-state index is 12.6. The molecule has 0 amide bonds. The number of nitrogens with two attached hydrogens (primary N) is 1. The minimum absolute atomic E-state index is 0.0294. The standard InChI is InChI=1S/C19H21ClN6O9S3/c1-2-26(13-4-3-5-14(11-13)36(27,28)9-8-35-38(32,33)34)19-24-17(20)23-18(25-19)22-12-6-7-16(15(21)10-12)37(29,30)31/h3-7,10-11H,2,8-9,21H2,1H3,(H,29,30,31)(H,32,33,34)(H,22,23,24,25). The third kappa shape index (κ3) is 7.69. The van der Waals surface area contributed by atoms with E-state index in [0.29, 0.717) is 5.69 Å². The van der Waals surface area contributed by atoms with Crippen LogP contribution in [-0.4, -0.2) is 68.2 Å². The molecule has 0 aliphatic carbocycles. The number of hydrogen-bond acceptors (Lipinski definition) is 13. The molecule has 5 N–H and O–H groups in total. The molecule has 3 aromatic rings. The fourth-order valence-corrected chi connectivity index (χ4v) is 5.43. The van der Waals surface area contributed by atoms with Crippen molar-refractivity contribution in [3.05, 3.63) is 47.7 Å². The summed E-state index contributed by atoms with van der Waals surface area (Å²) in [7, 11) is -13.3. The molecular weight excluding hydrogens is 588 g/mol. The number of benzene rings is 2. The van der Waals surface area contributed by atoms with E-state index in [9.17, 15) is 29.8 Å². The normalized spacial score (nSPS) is 12.3. The molecule has 0 unspecified atom stereocenters. The highest BCUT2D eigenvalue weighted by Crippen LogP contribution is 2.28. The SMILES string of the molecule is CCN(c1cccc(S(=O)(=O)CCOS(=O)(=O)O)c1)c1nc(Cl)nc(Nc2ccc(S(=O)(=O)O)c(N)c2)n1. The zero-order valence-corrected chi connectivity index (χ0v) is 22.6. The topological polar surface area (TPSA) is 232 Å². The highest BCUT2D eigenvalue weighted by molar-refractivity contribution is 7.91. The number of sulfone groups is 1. The van der Waals surface area contributed by atoms with Crippen LogP contribution in [0.5, 0.6) is 0 Å². The van der Waals surface area contributed by atoms with Gasteiger partial charge in [-0.15, -0.1) is 0 Å². The van der Waals surface area contributed by atoms with Crippen LogP contribution in [0.1, 0.15) is 6.92 Å². The van der Waals surface area contributed by atoms with Gasteiger partial charge in [-0.25, -0.2) is 12.6 Å². The summed E-state index contributed by atoms with van der Waals surface area (Å²) in [5, 5.41) is 2.58. The Balaban J connectivity index is 1.90. The van der Waals surface area contributed by atoms with Gasteiger partial charge in [0.15, 0.2) is 9.84 Å². The lowest BCUT2D eigenvalue weighted by Gasteiger charge is -2.22. The van der Waals surface area contributed by atoms with Gasteiger partial charge >= 0.3 is 10.4 Å². The number of nitrogens with one attached hydrogen (secondary N) is 1. The monoisotopic (exact) mass is 608 g/mol. The van der Waals surface area contributed by atoms with Gasteiger partial charge in [0.1, 0.15) is 4.90 Å². The minimum Gasteiger partial charge on any atom is -0.398 e. The predicted octanol–water partition coefficient (Wildman–Crippen LogP) is 1.85. The first-order valence-corrected chi connectivity index (χ1v) is 15.2. The second-order valence-electron chi connectivity index (χ2n) is 7.39. The van der Waals surface area contributed by atoms with E-state index >= 15 is 0 Å². The Labute approximate surface area is 223 Å². The largest absolute Gasteiger partial charge is 0.398 e. The van der Waals surface area contributed by atoms with Gasteiger partial charge in [0.25, 0.3) is 10.1 Å². The third-order valence-corrected chi connectivity index (χ3v) is 8.01. The lowest BCUT2D eigenvalue weighted by molar-refractivity contribution is 0.284. The molecule has 0 aliphatic rings. The number of halogens is 1. The van der Waals surface area contributed by atoms with Gasteiger partial charge in [0.2, 0.25) is 17.2 Å². The Morgan fingerprint density at radius 3 is 2.34 bits per heavy atom. The summed E-state index contributed by atoms with van der Waals surface area (Å²) in [5.74, 6) is -0.738. The molecule has 0 radical (unpaired) electrons. The zero-order valence-electron chi connectivity index (χ0n) is 19.4. The van der Waals surface area contributed by atoms with Crippen LogP contribution in [0.2, 0.25) is 5.28 Å². The Bertz CT molecular complexity index is 1670. The number of aromatic nitrogens is 3. The Hall–Kier alpha value is -3.13. The van der Waals surface area contributed by atoms with E-state index in [1.807, 2.05) is 0 Å². The number of nitrogens with zero attached hydrogens (tertiary/aromatic N) is 4. The van der Waals surface area contributed by atoms with Gasteiger partial charge in [0.05, 0.1) is 22.9 Å². The van der Waals surface area contributed by atoms with Crippen molar-refractivity contribution in [3.8, 4) is 0 Å². The number of hydrogen-bond donors (Lipinski definition) is 4. The maximum Gasteiger partial charge on any atom is 0.397 e. The van der Waals surface area contributed by atoms with Gasteiger partial charge in [-0.1, -0.05) is 6.07 Å². The van der Waals surface area contributed by atoms with E-state index in [4.69, 9.17) is 21.9 Å². The molecule has 1 heterocycles. The number of nitrogen functional groups attached to an aromatic ring is 1. The highest BCUT2D eigenvalue weighted by atomic mass is 35.5. The van der Waals surface area contributed by atoms with Crippen LogP contribution in [-0.2, 0) is 34.5 Å².